The van der Waals surface area contributed by atoms with Crippen molar-refractivity contribution in [1.29, 1.82) is 5.41 Å². The predicted molar refractivity (Wildman–Crippen MR) is 66.8 cm³/mol. The van der Waals surface area contributed by atoms with Crippen LogP contribution in [0.3, 0.4) is 0 Å². The molecule has 0 aromatic carbocycles. The Hall–Kier alpha value is -0.920. The second kappa shape index (κ2) is 7.38. The Bertz CT molecular complexity index is 241. The molecule has 1 aliphatic rings. The Labute approximate surface area is 93.0 Å². The lowest BCUT2D eigenvalue weighted by atomic mass is 9.99. The van der Waals surface area contributed by atoms with E-state index in [0.717, 1.165) is 19.3 Å². The largest absolute Gasteiger partial charge is 0.312 e. The Balaban J connectivity index is 2.60. The van der Waals surface area contributed by atoms with E-state index in [4.69, 9.17) is 5.41 Å². The summed E-state index contributed by atoms with van der Waals surface area (Å²) in [5, 5.41) is 7.30. The third-order valence-electron chi connectivity index (χ3n) is 2.85. The van der Waals surface area contributed by atoms with Crippen molar-refractivity contribution in [2.75, 3.05) is 0 Å². The predicted octanol–water partition coefficient (Wildman–Crippen LogP) is 3.97. The van der Waals surface area contributed by atoms with Gasteiger partial charge in [0, 0.05) is 24.0 Å². The molecule has 1 heterocycles. The van der Waals surface area contributed by atoms with Crippen molar-refractivity contribution in [1.82, 2.24) is 0 Å². The summed E-state index contributed by atoms with van der Waals surface area (Å²) < 4.78 is 0. The minimum absolute atomic E-state index is 0.301. The average Bonchev–Trinajstić information content (AvgIpc) is 2.27. The van der Waals surface area contributed by atoms with E-state index in [1.165, 1.54) is 37.6 Å². The van der Waals surface area contributed by atoms with Crippen LogP contribution < -0.4 is 0 Å². The highest BCUT2D eigenvalue weighted by Crippen LogP contribution is 2.14. The van der Waals surface area contributed by atoms with Gasteiger partial charge in [-0.05, 0) is 25.7 Å². The van der Waals surface area contributed by atoms with Crippen LogP contribution in [0.15, 0.2) is 17.3 Å². The Morgan fingerprint density at radius 3 is 3.07 bits per heavy atom. The summed E-state index contributed by atoms with van der Waals surface area (Å²) in [4.78, 5) is 4.51. The fraction of sp³-hybridized carbons (Fsp3) is 0.692. The highest BCUT2D eigenvalue weighted by molar-refractivity contribution is 5.84. The van der Waals surface area contributed by atoms with E-state index in [2.05, 4.69) is 18.0 Å². The lowest BCUT2D eigenvalue weighted by Crippen LogP contribution is -2.02. The van der Waals surface area contributed by atoms with Crippen molar-refractivity contribution in [3.05, 3.63) is 12.3 Å². The van der Waals surface area contributed by atoms with Crippen LogP contribution >= 0.6 is 0 Å². The molecule has 0 spiro atoms. The highest BCUT2D eigenvalue weighted by Gasteiger charge is 2.04. The molecule has 1 N–H and O–H groups in total. The molecule has 0 saturated heterocycles. The number of hydrogen-bond acceptors (Lipinski definition) is 2. The van der Waals surface area contributed by atoms with Gasteiger partial charge in [-0.25, -0.2) is 0 Å². The number of allylic oxidation sites excluding steroid dienone is 1. The number of nitrogens with zero attached hydrogens (tertiary/aromatic N) is 1. The number of nitrogens with one attached hydrogen (secondary N) is 1. The summed E-state index contributed by atoms with van der Waals surface area (Å²) in [6, 6.07) is 0. The monoisotopic (exact) mass is 206 g/mol. The van der Waals surface area contributed by atoms with Gasteiger partial charge in [0.1, 0.15) is 0 Å². The summed E-state index contributed by atoms with van der Waals surface area (Å²) >= 11 is 0. The SMILES string of the molecule is CCCC1=N/C=C\C(C=N)CCCCC1. The van der Waals surface area contributed by atoms with E-state index in [1.54, 1.807) is 0 Å². The zero-order chi connectivity index (χ0) is 10.9. The lowest BCUT2D eigenvalue weighted by Gasteiger charge is -2.09. The van der Waals surface area contributed by atoms with Gasteiger partial charge in [-0.3, -0.25) is 4.99 Å². The van der Waals surface area contributed by atoms with Crippen LogP contribution in [0.2, 0.25) is 0 Å². The van der Waals surface area contributed by atoms with Gasteiger partial charge in [0.25, 0.3) is 0 Å². The molecule has 0 amide bonds. The fourth-order valence-electron chi connectivity index (χ4n) is 1.92. The van der Waals surface area contributed by atoms with Gasteiger partial charge in [-0.15, -0.1) is 0 Å². The third-order valence-corrected chi connectivity index (χ3v) is 2.85. The molecule has 2 nitrogen and oxygen atoms in total. The molecule has 0 aliphatic carbocycles. The quantitative estimate of drug-likeness (QED) is 0.678. The first-order valence-corrected chi connectivity index (χ1v) is 6.09. The Morgan fingerprint density at radius 1 is 1.47 bits per heavy atom. The molecular formula is C13H22N2. The third kappa shape index (κ3) is 4.91. The van der Waals surface area contributed by atoms with Crippen molar-refractivity contribution >= 4 is 11.9 Å². The molecule has 0 radical (unpaired) electrons. The van der Waals surface area contributed by atoms with Gasteiger partial charge >= 0.3 is 0 Å². The first-order valence-electron chi connectivity index (χ1n) is 6.09. The first-order chi connectivity index (χ1) is 7.36. The smallest absolute Gasteiger partial charge is 0.0233 e. The van der Waals surface area contributed by atoms with Gasteiger partial charge in [-0.2, -0.15) is 0 Å². The van der Waals surface area contributed by atoms with Crippen molar-refractivity contribution < 1.29 is 0 Å². The van der Waals surface area contributed by atoms with Crippen LogP contribution in [0, 0.1) is 11.3 Å². The van der Waals surface area contributed by atoms with E-state index in [0.29, 0.717) is 5.92 Å². The van der Waals surface area contributed by atoms with Crippen LogP contribution in [-0.2, 0) is 0 Å². The standard InChI is InChI=1S/C13H22N2/c1-2-6-13-8-5-3-4-7-12(11-14)9-10-15-13/h9-12,14H,2-8H2,1H3/b10-9-,14-11?,15-13?. The fourth-order valence-corrected chi connectivity index (χ4v) is 1.92. The molecule has 1 aliphatic heterocycles. The molecular weight excluding hydrogens is 184 g/mol. The molecule has 15 heavy (non-hydrogen) atoms. The maximum Gasteiger partial charge on any atom is 0.0233 e. The Kier molecular flexibility index (Phi) is 5.98. The molecule has 84 valence electrons. The summed E-state index contributed by atoms with van der Waals surface area (Å²) in [5.41, 5.74) is 1.33. The normalized spacial score (nSPS) is 25.4. The minimum atomic E-state index is 0.301. The summed E-state index contributed by atoms with van der Waals surface area (Å²) in [6.07, 6.45) is 13.9. The molecule has 0 bridgehead atoms. The summed E-state index contributed by atoms with van der Waals surface area (Å²) in [5.74, 6) is 0.301. The van der Waals surface area contributed by atoms with Gasteiger partial charge in [0.05, 0.1) is 0 Å². The van der Waals surface area contributed by atoms with E-state index < -0.39 is 0 Å². The molecule has 0 fully saturated rings. The number of aliphatic imine (C=N–C) groups is 1. The van der Waals surface area contributed by atoms with Crippen molar-refractivity contribution in [3.63, 3.8) is 0 Å². The average molecular weight is 206 g/mol. The van der Waals surface area contributed by atoms with Gasteiger partial charge in [-0.1, -0.05) is 32.3 Å². The van der Waals surface area contributed by atoms with Gasteiger partial charge < -0.3 is 5.41 Å². The van der Waals surface area contributed by atoms with Crippen molar-refractivity contribution in [3.8, 4) is 0 Å². The maximum absolute atomic E-state index is 7.30. The van der Waals surface area contributed by atoms with Crippen LogP contribution in [0.25, 0.3) is 0 Å². The molecule has 0 saturated carbocycles. The molecule has 1 unspecified atom stereocenters. The van der Waals surface area contributed by atoms with Gasteiger partial charge in [0.2, 0.25) is 0 Å². The topological polar surface area (TPSA) is 36.2 Å². The molecule has 0 aromatic heterocycles. The molecule has 1 atom stereocenters. The highest BCUT2D eigenvalue weighted by atomic mass is 14.7. The van der Waals surface area contributed by atoms with Crippen LogP contribution in [0.5, 0.6) is 0 Å². The van der Waals surface area contributed by atoms with E-state index >= 15 is 0 Å². The van der Waals surface area contributed by atoms with E-state index in [1.807, 2.05) is 6.20 Å². The number of hydrogen-bond donors (Lipinski definition) is 1. The molecule has 0 aromatic rings. The van der Waals surface area contributed by atoms with Gasteiger partial charge in [0.15, 0.2) is 0 Å². The molecule has 2 heteroatoms. The lowest BCUT2D eigenvalue weighted by molar-refractivity contribution is 0.617. The van der Waals surface area contributed by atoms with Crippen LogP contribution in [0.4, 0.5) is 0 Å². The first kappa shape index (κ1) is 12.2. The second-order valence-electron chi connectivity index (χ2n) is 4.22. The Morgan fingerprint density at radius 2 is 2.33 bits per heavy atom. The number of rotatable bonds is 3. The zero-order valence-corrected chi connectivity index (χ0v) is 9.71. The molecule has 1 rings (SSSR count). The second-order valence-corrected chi connectivity index (χ2v) is 4.22. The minimum Gasteiger partial charge on any atom is -0.312 e. The maximum atomic E-state index is 7.30. The van der Waals surface area contributed by atoms with E-state index in [9.17, 15) is 0 Å². The van der Waals surface area contributed by atoms with Crippen LogP contribution in [0.1, 0.15) is 51.9 Å². The zero-order valence-electron chi connectivity index (χ0n) is 9.71. The van der Waals surface area contributed by atoms with Crippen molar-refractivity contribution in [2.45, 2.75) is 51.9 Å². The van der Waals surface area contributed by atoms with Crippen LogP contribution in [-0.4, -0.2) is 11.9 Å². The van der Waals surface area contributed by atoms with E-state index in [-0.39, 0.29) is 0 Å². The summed E-state index contributed by atoms with van der Waals surface area (Å²) in [6.45, 7) is 2.20. The summed E-state index contributed by atoms with van der Waals surface area (Å²) in [7, 11) is 0. The van der Waals surface area contributed by atoms with Crippen molar-refractivity contribution in [2.24, 2.45) is 10.9 Å².